The van der Waals surface area contributed by atoms with E-state index in [2.05, 4.69) is 15.5 Å². The number of esters is 1. The number of nitrogens with one attached hydrogen (secondary N) is 2. The van der Waals surface area contributed by atoms with Gasteiger partial charge in [0.25, 0.3) is 5.56 Å². The molecule has 3 heterocycles. The third-order valence-electron chi connectivity index (χ3n) is 8.87. The molecule has 0 radical (unpaired) electrons. The number of amides is 2. The molecule has 2 amide bonds. The fourth-order valence-electron chi connectivity index (χ4n) is 6.49. The maximum Gasteiger partial charge on any atom is 0.411 e. The molecule has 2 aromatic carbocycles. The van der Waals surface area contributed by atoms with Crippen LogP contribution in [0.1, 0.15) is 68.9 Å². The van der Waals surface area contributed by atoms with Crippen molar-refractivity contribution in [2.75, 3.05) is 37.0 Å². The molecule has 6 rings (SSSR count). The summed E-state index contributed by atoms with van der Waals surface area (Å²) in [4.78, 5) is 54.3. The molecule has 2 fully saturated rings. The Morgan fingerprint density at radius 3 is 2.50 bits per heavy atom. The van der Waals surface area contributed by atoms with E-state index in [4.69, 9.17) is 18.9 Å². The molecular formula is C34H40N4O8. The molecule has 0 spiro atoms. The number of aromatic nitrogens is 1. The molecular weight excluding hydrogens is 592 g/mol. The van der Waals surface area contributed by atoms with Crippen LogP contribution >= 0.6 is 0 Å². The number of ether oxygens (including phenoxy) is 4. The predicted molar refractivity (Wildman–Crippen MR) is 172 cm³/mol. The van der Waals surface area contributed by atoms with Gasteiger partial charge in [-0.1, -0.05) is 30.3 Å². The van der Waals surface area contributed by atoms with Crippen molar-refractivity contribution in [3.63, 3.8) is 0 Å². The molecule has 2 aliphatic heterocycles. The van der Waals surface area contributed by atoms with Crippen LogP contribution in [0.5, 0.6) is 5.75 Å². The summed E-state index contributed by atoms with van der Waals surface area (Å²) < 4.78 is 23.8. The Labute approximate surface area is 266 Å². The van der Waals surface area contributed by atoms with Crippen molar-refractivity contribution in [2.45, 2.75) is 70.7 Å². The van der Waals surface area contributed by atoms with Gasteiger partial charge in [0.05, 0.1) is 30.0 Å². The lowest BCUT2D eigenvalue weighted by Crippen LogP contribution is -2.45. The normalized spacial score (nSPS) is 19.6. The van der Waals surface area contributed by atoms with Crippen LogP contribution in [0.2, 0.25) is 0 Å². The highest BCUT2D eigenvalue weighted by Gasteiger charge is 2.53. The predicted octanol–water partition coefficient (Wildman–Crippen LogP) is 5.37. The molecule has 46 heavy (non-hydrogen) atoms. The minimum absolute atomic E-state index is 0.0638. The number of carbonyl (C=O) groups is 3. The number of pyridine rings is 1. The van der Waals surface area contributed by atoms with Crippen LogP contribution < -0.4 is 25.8 Å². The summed E-state index contributed by atoms with van der Waals surface area (Å²) in [5.41, 5.74) is 0.779. The molecule has 0 bridgehead atoms. The third-order valence-corrected chi connectivity index (χ3v) is 8.87. The van der Waals surface area contributed by atoms with Crippen molar-refractivity contribution in [1.29, 1.82) is 0 Å². The fraction of sp³-hybridized carbons (Fsp3) is 0.471. The Bertz CT molecular complexity index is 1740. The van der Waals surface area contributed by atoms with Gasteiger partial charge in [0.15, 0.2) is 5.75 Å². The van der Waals surface area contributed by atoms with E-state index in [0.717, 1.165) is 24.8 Å². The lowest BCUT2D eigenvalue weighted by molar-refractivity contribution is 0.0476. The van der Waals surface area contributed by atoms with E-state index in [9.17, 15) is 19.2 Å². The van der Waals surface area contributed by atoms with Gasteiger partial charge in [-0.2, -0.15) is 0 Å². The Balaban J connectivity index is 1.37. The number of hydrogen-bond acceptors (Lipinski definition) is 9. The molecule has 1 aromatic heterocycles. The van der Waals surface area contributed by atoms with Crippen LogP contribution in [0.4, 0.5) is 21.0 Å². The summed E-state index contributed by atoms with van der Waals surface area (Å²) in [6.07, 6.45) is 1.43. The van der Waals surface area contributed by atoms with Crippen molar-refractivity contribution in [1.82, 2.24) is 9.88 Å². The summed E-state index contributed by atoms with van der Waals surface area (Å²) in [6.45, 7) is 8.92. The average Bonchev–Trinajstić information content (AvgIpc) is 3.60. The van der Waals surface area contributed by atoms with E-state index in [1.165, 1.54) is 13.2 Å². The van der Waals surface area contributed by atoms with Crippen molar-refractivity contribution in [3.8, 4) is 5.75 Å². The van der Waals surface area contributed by atoms with Gasteiger partial charge in [0.1, 0.15) is 24.4 Å². The first-order valence-corrected chi connectivity index (χ1v) is 15.6. The molecule has 1 saturated heterocycles. The Hall–Kier alpha value is -4.74. The van der Waals surface area contributed by atoms with Gasteiger partial charge in [0, 0.05) is 29.9 Å². The van der Waals surface area contributed by atoms with Gasteiger partial charge in [0.2, 0.25) is 0 Å². The SMILES string of the molecule is COC(=O)c1cc2c(NC(=O)OCc3ccccc3)cc(N3CC[C@@H](C4(NC(=O)OC(C)(C)C)CC4)C3)c3c2n(c1=O)[C@@H](C)CO3. The smallest absolute Gasteiger partial charge is 0.411 e. The second-order valence-electron chi connectivity index (χ2n) is 13.3. The molecule has 2 atom stereocenters. The van der Waals surface area contributed by atoms with E-state index in [-0.39, 0.29) is 36.3 Å². The maximum absolute atomic E-state index is 13.7. The zero-order valence-corrected chi connectivity index (χ0v) is 26.8. The number of rotatable bonds is 7. The first-order chi connectivity index (χ1) is 21.9. The highest BCUT2D eigenvalue weighted by molar-refractivity contribution is 6.07. The molecule has 1 aliphatic carbocycles. The van der Waals surface area contributed by atoms with Crippen LogP contribution in [0, 0.1) is 5.92 Å². The standard InChI is InChI=1S/C34H40N4O8/c1-20-18-44-28-26(37-14-11-22(17-37)34(12-13-34)36-32(42)46-33(2,3)4)16-25(35-31(41)45-19-21-9-7-6-8-10-21)23-15-24(30(40)43-5)29(39)38(20)27(23)28/h6-10,15-16,20,22H,11-14,17-19H2,1-5H3,(H,35,41)(H,36,42)/t20-,22+/m0/s1. The minimum Gasteiger partial charge on any atom is -0.487 e. The molecule has 12 heteroatoms. The Morgan fingerprint density at radius 2 is 1.83 bits per heavy atom. The van der Waals surface area contributed by atoms with Crippen molar-refractivity contribution in [3.05, 3.63) is 63.9 Å². The quantitative estimate of drug-likeness (QED) is 0.260. The fourth-order valence-corrected chi connectivity index (χ4v) is 6.49. The second-order valence-corrected chi connectivity index (χ2v) is 13.3. The minimum atomic E-state index is -0.771. The number of anilines is 2. The van der Waals surface area contributed by atoms with Crippen molar-refractivity contribution < 1.29 is 33.3 Å². The summed E-state index contributed by atoms with van der Waals surface area (Å²) in [6, 6.07) is 12.2. The lowest BCUT2D eigenvalue weighted by atomic mass is 9.96. The summed E-state index contributed by atoms with van der Waals surface area (Å²) in [7, 11) is 1.22. The van der Waals surface area contributed by atoms with Gasteiger partial charge in [-0.05, 0) is 64.7 Å². The number of alkyl carbamates (subject to hydrolysis) is 1. The monoisotopic (exact) mass is 632 g/mol. The van der Waals surface area contributed by atoms with E-state index in [1.807, 2.05) is 58.0 Å². The van der Waals surface area contributed by atoms with Crippen LogP contribution in [0.3, 0.4) is 0 Å². The topological polar surface area (TPSA) is 137 Å². The highest BCUT2D eigenvalue weighted by atomic mass is 16.6. The van der Waals surface area contributed by atoms with Crippen LogP contribution in [-0.2, 0) is 20.8 Å². The van der Waals surface area contributed by atoms with Crippen LogP contribution in [-0.4, -0.2) is 60.7 Å². The number of nitrogens with zero attached hydrogens (tertiary/aromatic N) is 2. The largest absolute Gasteiger partial charge is 0.487 e. The van der Waals surface area contributed by atoms with Gasteiger partial charge >= 0.3 is 18.2 Å². The lowest BCUT2D eigenvalue weighted by Gasteiger charge is -2.32. The summed E-state index contributed by atoms with van der Waals surface area (Å²) in [5, 5.41) is 6.44. The zero-order valence-electron chi connectivity index (χ0n) is 26.8. The molecule has 3 aromatic rings. The first kappa shape index (κ1) is 31.3. The molecule has 244 valence electrons. The van der Waals surface area contributed by atoms with Gasteiger partial charge in [-0.15, -0.1) is 0 Å². The number of benzene rings is 2. The van der Waals surface area contributed by atoms with Crippen molar-refractivity contribution >= 4 is 40.4 Å². The highest BCUT2D eigenvalue weighted by Crippen LogP contribution is 2.50. The molecule has 0 unspecified atom stereocenters. The Morgan fingerprint density at radius 1 is 1.09 bits per heavy atom. The molecule has 12 nitrogen and oxygen atoms in total. The molecule has 2 N–H and O–H groups in total. The van der Waals surface area contributed by atoms with Gasteiger partial charge < -0.3 is 29.2 Å². The van der Waals surface area contributed by atoms with E-state index >= 15 is 0 Å². The maximum atomic E-state index is 13.7. The van der Waals surface area contributed by atoms with Crippen LogP contribution in [0.15, 0.2) is 47.3 Å². The number of hydrogen-bond donors (Lipinski definition) is 2. The van der Waals surface area contributed by atoms with E-state index < -0.39 is 29.3 Å². The van der Waals surface area contributed by atoms with Crippen LogP contribution in [0.25, 0.3) is 10.9 Å². The summed E-state index contributed by atoms with van der Waals surface area (Å²) >= 11 is 0. The van der Waals surface area contributed by atoms with Gasteiger partial charge in [-0.25, -0.2) is 14.4 Å². The second kappa shape index (κ2) is 11.9. The third kappa shape index (κ3) is 6.08. The summed E-state index contributed by atoms with van der Waals surface area (Å²) in [5.74, 6) is -0.121. The van der Waals surface area contributed by atoms with E-state index in [0.29, 0.717) is 41.1 Å². The molecule has 3 aliphatic rings. The van der Waals surface area contributed by atoms with Crippen molar-refractivity contribution in [2.24, 2.45) is 5.92 Å². The average molecular weight is 633 g/mol. The number of methoxy groups -OCH3 is 1. The van der Waals surface area contributed by atoms with Gasteiger partial charge in [-0.3, -0.25) is 14.7 Å². The van der Waals surface area contributed by atoms with E-state index in [1.54, 1.807) is 10.6 Å². The molecule has 1 saturated carbocycles. The zero-order chi connectivity index (χ0) is 32.8. The Kier molecular flexibility index (Phi) is 8.07. The number of carbonyl (C=O) groups excluding carboxylic acids is 3. The first-order valence-electron chi connectivity index (χ1n) is 15.6.